The summed E-state index contributed by atoms with van der Waals surface area (Å²) in [6.45, 7) is 3.77. The summed E-state index contributed by atoms with van der Waals surface area (Å²) in [5.74, 6) is -1.46. The molecule has 0 aliphatic carbocycles. The minimum Gasteiger partial charge on any atom is -0.478 e. The normalized spacial score (nSPS) is 10.8. The predicted molar refractivity (Wildman–Crippen MR) is 77.4 cm³/mol. The minimum absolute atomic E-state index is 0.143. The summed E-state index contributed by atoms with van der Waals surface area (Å²) in [5.41, 5.74) is 1.71. The first-order valence-corrected chi connectivity index (χ1v) is 6.73. The van der Waals surface area contributed by atoms with E-state index in [0.717, 1.165) is 12.1 Å². The fraction of sp³-hybridized carbons (Fsp3) is 0.250. The number of carboxylic acids is 1. The van der Waals surface area contributed by atoms with Crippen molar-refractivity contribution in [2.45, 2.75) is 20.0 Å². The van der Waals surface area contributed by atoms with Gasteiger partial charge < -0.3 is 5.11 Å². The first-order valence-electron chi connectivity index (χ1n) is 6.73. The highest BCUT2D eigenvalue weighted by Crippen LogP contribution is 2.16. The van der Waals surface area contributed by atoms with Crippen LogP contribution in [0.1, 0.15) is 28.4 Å². The lowest BCUT2D eigenvalue weighted by Crippen LogP contribution is -2.23. The van der Waals surface area contributed by atoms with Crippen LogP contribution in [0.4, 0.5) is 4.39 Å². The Labute approximate surface area is 122 Å². The number of pyridine rings is 1. The molecule has 0 bridgehead atoms. The van der Waals surface area contributed by atoms with Gasteiger partial charge in [0, 0.05) is 25.5 Å². The van der Waals surface area contributed by atoms with Gasteiger partial charge in [-0.1, -0.05) is 6.92 Å². The van der Waals surface area contributed by atoms with Gasteiger partial charge in [-0.2, -0.15) is 0 Å². The highest BCUT2D eigenvalue weighted by atomic mass is 19.1. The van der Waals surface area contributed by atoms with Crippen LogP contribution < -0.4 is 0 Å². The number of aromatic carboxylic acids is 1. The van der Waals surface area contributed by atoms with E-state index < -0.39 is 11.8 Å². The highest BCUT2D eigenvalue weighted by Gasteiger charge is 2.14. The molecule has 0 amide bonds. The fourth-order valence-electron chi connectivity index (χ4n) is 2.17. The van der Waals surface area contributed by atoms with Crippen LogP contribution in [-0.2, 0) is 13.1 Å². The molecule has 2 aromatic rings. The molecule has 0 spiro atoms. The Kier molecular flexibility index (Phi) is 5.00. The van der Waals surface area contributed by atoms with Crippen molar-refractivity contribution in [2.24, 2.45) is 0 Å². The maximum absolute atomic E-state index is 13.4. The molecule has 4 nitrogen and oxygen atoms in total. The third kappa shape index (κ3) is 4.10. The van der Waals surface area contributed by atoms with Gasteiger partial charge >= 0.3 is 5.97 Å². The molecular formula is C16H17FN2O2. The van der Waals surface area contributed by atoms with Gasteiger partial charge in [0.15, 0.2) is 0 Å². The highest BCUT2D eigenvalue weighted by molar-refractivity contribution is 5.89. The molecule has 1 heterocycles. The van der Waals surface area contributed by atoms with Crippen molar-refractivity contribution in [1.82, 2.24) is 9.88 Å². The van der Waals surface area contributed by atoms with Crippen molar-refractivity contribution in [1.29, 1.82) is 0 Å². The number of nitrogens with zero attached hydrogens (tertiary/aromatic N) is 2. The largest absolute Gasteiger partial charge is 0.478 e. The van der Waals surface area contributed by atoms with Crippen LogP contribution >= 0.6 is 0 Å². The first kappa shape index (κ1) is 15.1. The zero-order valence-electron chi connectivity index (χ0n) is 11.8. The fourth-order valence-corrected chi connectivity index (χ4v) is 2.17. The van der Waals surface area contributed by atoms with Crippen molar-refractivity contribution in [3.8, 4) is 0 Å². The smallest absolute Gasteiger partial charge is 0.336 e. The molecule has 0 aliphatic heterocycles. The third-order valence-electron chi connectivity index (χ3n) is 3.29. The van der Waals surface area contributed by atoms with Crippen LogP contribution in [0.2, 0.25) is 0 Å². The second kappa shape index (κ2) is 6.95. The van der Waals surface area contributed by atoms with Crippen LogP contribution in [0.15, 0.2) is 42.7 Å². The molecule has 0 unspecified atom stereocenters. The molecule has 0 fully saturated rings. The molecule has 0 aliphatic rings. The Morgan fingerprint density at radius 2 is 1.95 bits per heavy atom. The first-order chi connectivity index (χ1) is 10.1. The summed E-state index contributed by atoms with van der Waals surface area (Å²) < 4.78 is 13.4. The molecule has 5 heteroatoms. The Balaban J connectivity index is 2.18. The summed E-state index contributed by atoms with van der Waals surface area (Å²) in [4.78, 5) is 17.2. The summed E-state index contributed by atoms with van der Waals surface area (Å²) in [7, 11) is 0. The van der Waals surface area contributed by atoms with E-state index in [1.54, 1.807) is 12.4 Å². The van der Waals surface area contributed by atoms with Crippen LogP contribution in [-0.4, -0.2) is 27.5 Å². The van der Waals surface area contributed by atoms with E-state index in [4.69, 9.17) is 0 Å². The molecule has 0 saturated carbocycles. The van der Waals surface area contributed by atoms with Gasteiger partial charge in [0.1, 0.15) is 5.82 Å². The van der Waals surface area contributed by atoms with Crippen molar-refractivity contribution in [3.05, 3.63) is 65.2 Å². The lowest BCUT2D eigenvalue weighted by Gasteiger charge is -2.21. The number of carbonyl (C=O) groups is 1. The van der Waals surface area contributed by atoms with E-state index in [-0.39, 0.29) is 5.56 Å². The molecule has 0 saturated heterocycles. The molecule has 1 N–H and O–H groups in total. The number of hydrogen-bond acceptors (Lipinski definition) is 3. The summed E-state index contributed by atoms with van der Waals surface area (Å²) in [6.07, 6.45) is 3.43. The minimum atomic E-state index is -1.04. The topological polar surface area (TPSA) is 53.4 Å². The Morgan fingerprint density at radius 3 is 2.57 bits per heavy atom. The van der Waals surface area contributed by atoms with Gasteiger partial charge in [-0.05, 0) is 48.0 Å². The zero-order valence-corrected chi connectivity index (χ0v) is 11.8. The van der Waals surface area contributed by atoms with Crippen molar-refractivity contribution < 1.29 is 14.3 Å². The van der Waals surface area contributed by atoms with Crippen molar-refractivity contribution in [2.75, 3.05) is 6.54 Å². The van der Waals surface area contributed by atoms with Gasteiger partial charge in [-0.3, -0.25) is 9.88 Å². The van der Waals surface area contributed by atoms with Gasteiger partial charge in [-0.25, -0.2) is 9.18 Å². The molecule has 21 heavy (non-hydrogen) atoms. The second-order valence-electron chi connectivity index (χ2n) is 4.77. The van der Waals surface area contributed by atoms with Crippen molar-refractivity contribution >= 4 is 5.97 Å². The monoisotopic (exact) mass is 288 g/mol. The second-order valence-corrected chi connectivity index (χ2v) is 4.77. The maximum Gasteiger partial charge on any atom is 0.336 e. The molecule has 0 atom stereocenters. The van der Waals surface area contributed by atoms with E-state index in [1.807, 2.05) is 19.1 Å². The molecule has 0 radical (unpaired) electrons. The van der Waals surface area contributed by atoms with E-state index >= 15 is 0 Å². The van der Waals surface area contributed by atoms with Crippen LogP contribution in [0.25, 0.3) is 0 Å². The SMILES string of the molecule is CCN(Cc1ccncc1)Cc1cc(F)ccc1C(=O)O. The van der Waals surface area contributed by atoms with Crippen molar-refractivity contribution in [3.63, 3.8) is 0 Å². The Hall–Kier alpha value is -2.27. The number of benzene rings is 1. The third-order valence-corrected chi connectivity index (χ3v) is 3.29. The number of hydrogen-bond donors (Lipinski definition) is 1. The van der Waals surface area contributed by atoms with Gasteiger partial charge in [-0.15, -0.1) is 0 Å². The van der Waals surface area contributed by atoms with Gasteiger partial charge in [0.05, 0.1) is 5.56 Å². The number of halogens is 1. The van der Waals surface area contributed by atoms with E-state index in [9.17, 15) is 14.3 Å². The summed E-state index contributed by atoms with van der Waals surface area (Å²) in [6, 6.07) is 7.59. The average Bonchev–Trinajstić information content (AvgIpc) is 2.47. The lowest BCUT2D eigenvalue weighted by molar-refractivity contribution is 0.0694. The molecule has 2 rings (SSSR count). The van der Waals surface area contributed by atoms with Crippen LogP contribution in [0.3, 0.4) is 0 Å². The van der Waals surface area contributed by atoms with E-state index in [0.29, 0.717) is 18.7 Å². The molecule has 1 aromatic heterocycles. The maximum atomic E-state index is 13.4. The quantitative estimate of drug-likeness (QED) is 0.888. The number of rotatable bonds is 6. The van der Waals surface area contributed by atoms with Gasteiger partial charge in [0.25, 0.3) is 0 Å². The average molecular weight is 288 g/mol. The summed E-state index contributed by atoms with van der Waals surface area (Å²) >= 11 is 0. The van der Waals surface area contributed by atoms with E-state index in [2.05, 4.69) is 9.88 Å². The van der Waals surface area contributed by atoms with Gasteiger partial charge in [0.2, 0.25) is 0 Å². The Bertz CT molecular complexity index is 617. The lowest BCUT2D eigenvalue weighted by atomic mass is 10.1. The predicted octanol–water partition coefficient (Wildman–Crippen LogP) is 2.94. The van der Waals surface area contributed by atoms with Crippen LogP contribution in [0, 0.1) is 5.82 Å². The molecule has 110 valence electrons. The van der Waals surface area contributed by atoms with Crippen LogP contribution in [0.5, 0.6) is 0 Å². The Morgan fingerprint density at radius 1 is 1.24 bits per heavy atom. The number of aromatic nitrogens is 1. The molecule has 1 aromatic carbocycles. The van der Waals surface area contributed by atoms with E-state index in [1.165, 1.54) is 18.2 Å². The zero-order chi connectivity index (χ0) is 15.2. The molecular weight excluding hydrogens is 271 g/mol. The summed E-state index contributed by atoms with van der Waals surface area (Å²) in [5, 5.41) is 9.18. The number of carboxylic acid groups (broad SMARTS) is 1. The standard InChI is InChI=1S/C16H17FN2O2/c1-2-19(10-12-5-7-18-8-6-12)11-13-9-14(17)3-4-15(13)16(20)21/h3-9H,2,10-11H2,1H3,(H,20,21).